The topological polar surface area (TPSA) is 59.8 Å². The molecule has 1 fully saturated rings. The second kappa shape index (κ2) is 7.41. The summed E-state index contributed by atoms with van der Waals surface area (Å²) in [6, 6.07) is 8.07. The van der Waals surface area contributed by atoms with E-state index in [1.165, 1.54) is 4.88 Å². The fraction of sp³-hybridized carbons (Fsp3) is 0.350. The molecule has 1 saturated carbocycles. The van der Waals surface area contributed by atoms with Crippen LogP contribution in [0.25, 0.3) is 11.1 Å². The van der Waals surface area contributed by atoms with E-state index in [4.69, 9.17) is 0 Å². The van der Waals surface area contributed by atoms with Crippen LogP contribution in [0, 0.1) is 0 Å². The maximum atomic E-state index is 12.9. The number of nitrogens with one attached hydrogen (secondary N) is 1. The molecule has 0 bridgehead atoms. The first-order chi connectivity index (χ1) is 12.8. The largest absolute Gasteiger partial charge is 0.353 e. The molecule has 1 aliphatic rings. The van der Waals surface area contributed by atoms with E-state index < -0.39 is 0 Å². The molecule has 0 radical (unpaired) electrons. The first-order valence-electron chi connectivity index (χ1n) is 9.03. The van der Waals surface area contributed by atoms with Gasteiger partial charge in [0, 0.05) is 41.1 Å². The van der Waals surface area contributed by atoms with E-state index in [1.54, 1.807) is 17.5 Å². The number of carbonyl (C=O) groups is 1. The van der Waals surface area contributed by atoms with Crippen LogP contribution in [0.3, 0.4) is 0 Å². The van der Waals surface area contributed by atoms with E-state index >= 15 is 0 Å². The monoisotopic (exact) mass is 366 g/mol. The number of rotatable bonds is 6. The summed E-state index contributed by atoms with van der Waals surface area (Å²) in [5.74, 6) is 0.164. The molecule has 134 valence electrons. The van der Waals surface area contributed by atoms with Crippen LogP contribution in [0.15, 0.2) is 54.4 Å². The molecule has 5 nitrogen and oxygen atoms in total. The number of pyridine rings is 1. The van der Waals surface area contributed by atoms with Gasteiger partial charge in [0.1, 0.15) is 0 Å². The lowest BCUT2D eigenvalue weighted by Gasteiger charge is -2.26. The van der Waals surface area contributed by atoms with Gasteiger partial charge in [0.15, 0.2) is 0 Å². The van der Waals surface area contributed by atoms with E-state index in [1.807, 2.05) is 41.5 Å². The van der Waals surface area contributed by atoms with Gasteiger partial charge >= 0.3 is 0 Å². The molecule has 1 aliphatic carbocycles. The minimum Gasteiger partial charge on any atom is -0.353 e. The summed E-state index contributed by atoms with van der Waals surface area (Å²) in [6.07, 6.45) is 11.6. The predicted octanol–water partition coefficient (Wildman–Crippen LogP) is 3.63. The van der Waals surface area contributed by atoms with Crippen LogP contribution in [0.4, 0.5) is 0 Å². The molecule has 3 aromatic rings. The van der Waals surface area contributed by atoms with E-state index in [0.29, 0.717) is 13.1 Å². The molecule has 3 heterocycles. The van der Waals surface area contributed by atoms with Crippen molar-refractivity contribution in [2.24, 2.45) is 0 Å². The van der Waals surface area contributed by atoms with Crippen molar-refractivity contribution in [1.29, 1.82) is 0 Å². The van der Waals surface area contributed by atoms with Gasteiger partial charge in [0.25, 0.3) is 0 Å². The summed E-state index contributed by atoms with van der Waals surface area (Å²) in [4.78, 5) is 18.3. The van der Waals surface area contributed by atoms with Crippen LogP contribution in [0.1, 0.15) is 30.6 Å². The van der Waals surface area contributed by atoms with Crippen LogP contribution in [-0.4, -0.2) is 27.2 Å². The minimum atomic E-state index is -0.320. The van der Waals surface area contributed by atoms with Crippen molar-refractivity contribution in [2.75, 3.05) is 6.54 Å². The second-order valence-corrected chi connectivity index (χ2v) is 7.70. The first kappa shape index (κ1) is 17.0. The summed E-state index contributed by atoms with van der Waals surface area (Å²) in [5, 5.41) is 9.60. The summed E-state index contributed by atoms with van der Waals surface area (Å²) in [7, 11) is 0. The van der Waals surface area contributed by atoms with E-state index in [2.05, 4.69) is 26.8 Å². The summed E-state index contributed by atoms with van der Waals surface area (Å²) < 4.78 is 1.87. The molecular weight excluding hydrogens is 344 g/mol. The zero-order chi connectivity index (χ0) is 17.8. The highest BCUT2D eigenvalue weighted by Crippen LogP contribution is 2.43. The average molecular weight is 366 g/mol. The van der Waals surface area contributed by atoms with Gasteiger partial charge in [-0.15, -0.1) is 11.3 Å². The molecule has 6 heteroatoms. The lowest BCUT2D eigenvalue weighted by Crippen LogP contribution is -2.43. The van der Waals surface area contributed by atoms with Crippen molar-refractivity contribution in [2.45, 2.75) is 37.6 Å². The van der Waals surface area contributed by atoms with Crippen molar-refractivity contribution in [3.05, 3.63) is 59.3 Å². The Hall–Kier alpha value is -2.47. The zero-order valence-corrected chi connectivity index (χ0v) is 15.4. The highest BCUT2D eigenvalue weighted by molar-refractivity contribution is 7.10. The molecule has 1 amide bonds. The highest BCUT2D eigenvalue weighted by Gasteiger charge is 2.43. The second-order valence-electron chi connectivity index (χ2n) is 6.76. The number of carbonyl (C=O) groups excluding carboxylic acids is 1. The van der Waals surface area contributed by atoms with Crippen LogP contribution >= 0.6 is 11.3 Å². The Kier molecular flexibility index (Phi) is 4.84. The van der Waals surface area contributed by atoms with Gasteiger partial charge < -0.3 is 5.32 Å². The van der Waals surface area contributed by atoms with Gasteiger partial charge in [-0.2, -0.15) is 5.10 Å². The standard InChI is InChI=1S/C20H22N4OS/c25-19(20(7-1-2-8-20)18-6-4-12-26-18)22-10-11-24-15-17(14-23-24)16-5-3-9-21-13-16/h3-6,9,12-15H,1-2,7-8,10-11H2,(H,22,25). The Morgan fingerprint density at radius 1 is 1.19 bits per heavy atom. The molecule has 1 N–H and O–H groups in total. The smallest absolute Gasteiger partial charge is 0.231 e. The van der Waals surface area contributed by atoms with E-state index in [-0.39, 0.29) is 11.3 Å². The molecule has 0 atom stereocenters. The fourth-order valence-electron chi connectivity index (χ4n) is 3.74. The third-order valence-corrected chi connectivity index (χ3v) is 6.21. The molecule has 0 aliphatic heterocycles. The molecule has 26 heavy (non-hydrogen) atoms. The average Bonchev–Trinajstić information content (AvgIpc) is 3.43. The normalized spacial score (nSPS) is 15.8. The molecular formula is C20H22N4OS. The molecule has 0 aromatic carbocycles. The van der Waals surface area contributed by atoms with E-state index in [0.717, 1.165) is 36.8 Å². The van der Waals surface area contributed by atoms with E-state index in [9.17, 15) is 4.79 Å². The Balaban J connectivity index is 1.37. The molecule has 3 aromatic heterocycles. The third kappa shape index (κ3) is 3.29. The van der Waals surface area contributed by atoms with Gasteiger partial charge in [0.05, 0.1) is 18.2 Å². The van der Waals surface area contributed by atoms with Crippen LogP contribution < -0.4 is 5.32 Å². The Morgan fingerprint density at radius 3 is 2.81 bits per heavy atom. The number of thiophene rings is 1. The maximum Gasteiger partial charge on any atom is 0.231 e. The van der Waals surface area contributed by atoms with Crippen molar-refractivity contribution >= 4 is 17.2 Å². The lowest BCUT2D eigenvalue weighted by molar-refractivity contribution is -0.126. The number of hydrogen-bond donors (Lipinski definition) is 1. The number of amides is 1. The van der Waals surface area contributed by atoms with Gasteiger partial charge in [0.2, 0.25) is 5.91 Å². The third-order valence-electron chi connectivity index (χ3n) is 5.14. The zero-order valence-electron chi connectivity index (χ0n) is 14.6. The Bertz CT molecular complexity index is 851. The van der Waals surface area contributed by atoms with Gasteiger partial charge in [-0.05, 0) is 30.4 Å². The highest BCUT2D eigenvalue weighted by atomic mass is 32.1. The predicted molar refractivity (Wildman–Crippen MR) is 103 cm³/mol. The summed E-state index contributed by atoms with van der Waals surface area (Å²) in [5.41, 5.74) is 1.76. The van der Waals surface area contributed by atoms with Crippen LogP contribution in [0.5, 0.6) is 0 Å². The van der Waals surface area contributed by atoms with Crippen molar-refractivity contribution in [3.63, 3.8) is 0 Å². The maximum absolute atomic E-state index is 12.9. The number of nitrogens with zero attached hydrogens (tertiary/aromatic N) is 3. The van der Waals surface area contributed by atoms with Crippen LogP contribution in [-0.2, 0) is 16.8 Å². The van der Waals surface area contributed by atoms with Gasteiger partial charge in [-0.1, -0.05) is 25.0 Å². The first-order valence-corrected chi connectivity index (χ1v) is 9.91. The number of aromatic nitrogens is 3. The molecule has 4 rings (SSSR count). The minimum absolute atomic E-state index is 0.164. The molecule has 0 unspecified atom stereocenters. The SMILES string of the molecule is O=C(NCCn1cc(-c2cccnc2)cn1)C1(c2cccs2)CCCC1. The Labute approximate surface area is 157 Å². The van der Waals surface area contributed by atoms with Crippen molar-refractivity contribution in [1.82, 2.24) is 20.1 Å². The quantitative estimate of drug-likeness (QED) is 0.725. The van der Waals surface area contributed by atoms with Crippen LogP contribution in [0.2, 0.25) is 0 Å². The van der Waals surface area contributed by atoms with Crippen molar-refractivity contribution < 1.29 is 4.79 Å². The van der Waals surface area contributed by atoms with Crippen molar-refractivity contribution in [3.8, 4) is 11.1 Å². The lowest BCUT2D eigenvalue weighted by atomic mass is 9.83. The molecule has 0 spiro atoms. The van der Waals surface area contributed by atoms with Gasteiger partial charge in [-0.3, -0.25) is 14.5 Å². The molecule has 0 saturated heterocycles. The Morgan fingerprint density at radius 2 is 2.08 bits per heavy atom. The fourth-order valence-corrected chi connectivity index (χ4v) is 4.72. The summed E-state index contributed by atoms with van der Waals surface area (Å²) in [6.45, 7) is 1.24. The summed E-state index contributed by atoms with van der Waals surface area (Å²) >= 11 is 1.69. The number of hydrogen-bond acceptors (Lipinski definition) is 4. The van der Waals surface area contributed by atoms with Gasteiger partial charge in [-0.25, -0.2) is 0 Å².